The number of aromatic nitrogens is 2. The smallest absolute Gasteiger partial charge is 0.355 e. The molecule has 0 unspecified atom stereocenters. The second-order valence-electron chi connectivity index (χ2n) is 3.60. The molecule has 2 aromatic heterocycles. The lowest BCUT2D eigenvalue weighted by atomic mass is 10.5. The van der Waals surface area contributed by atoms with Gasteiger partial charge in [-0.2, -0.15) is 0 Å². The standard InChI is InChI=1S/C10H8BrN3O4S2/c11-6-1-7(3-12-2-6)20(17,18)13-4-9-14-8(5-19-9)10(15)16/h1-3,5,13H,4H2,(H,15,16). The van der Waals surface area contributed by atoms with Gasteiger partial charge in [0.15, 0.2) is 5.69 Å². The Morgan fingerprint density at radius 2 is 2.20 bits per heavy atom. The zero-order valence-electron chi connectivity index (χ0n) is 9.78. The van der Waals surface area contributed by atoms with Crippen LogP contribution in [0.5, 0.6) is 0 Å². The van der Waals surface area contributed by atoms with Crippen molar-refractivity contribution in [2.45, 2.75) is 11.4 Å². The normalized spacial score (nSPS) is 11.4. The van der Waals surface area contributed by atoms with Gasteiger partial charge < -0.3 is 5.11 Å². The summed E-state index contributed by atoms with van der Waals surface area (Å²) < 4.78 is 26.9. The van der Waals surface area contributed by atoms with Gasteiger partial charge in [-0.3, -0.25) is 4.98 Å². The number of hydrogen-bond acceptors (Lipinski definition) is 6. The quantitative estimate of drug-likeness (QED) is 0.816. The summed E-state index contributed by atoms with van der Waals surface area (Å²) in [6.07, 6.45) is 2.69. The molecule has 0 saturated carbocycles. The molecule has 20 heavy (non-hydrogen) atoms. The van der Waals surface area contributed by atoms with Gasteiger partial charge in [-0.25, -0.2) is 22.9 Å². The highest BCUT2D eigenvalue weighted by molar-refractivity contribution is 9.10. The van der Waals surface area contributed by atoms with Gasteiger partial charge in [0, 0.05) is 22.2 Å². The van der Waals surface area contributed by atoms with E-state index in [0.717, 1.165) is 11.3 Å². The Labute approximate surface area is 126 Å². The Balaban J connectivity index is 2.11. The predicted octanol–water partition coefficient (Wildman–Crippen LogP) is 1.48. The van der Waals surface area contributed by atoms with Gasteiger partial charge in [-0.15, -0.1) is 11.3 Å². The van der Waals surface area contributed by atoms with E-state index in [0.29, 0.717) is 9.48 Å². The summed E-state index contributed by atoms with van der Waals surface area (Å²) in [5.74, 6) is -1.15. The molecule has 0 aliphatic heterocycles. The SMILES string of the molecule is O=C(O)c1csc(CNS(=O)(=O)c2cncc(Br)c2)n1. The van der Waals surface area contributed by atoms with Gasteiger partial charge in [0.2, 0.25) is 10.0 Å². The van der Waals surface area contributed by atoms with Crippen molar-refractivity contribution in [1.82, 2.24) is 14.7 Å². The summed E-state index contributed by atoms with van der Waals surface area (Å²) in [5.41, 5.74) is -0.103. The molecule has 0 aliphatic carbocycles. The molecule has 0 bridgehead atoms. The van der Waals surface area contributed by atoms with Crippen molar-refractivity contribution >= 4 is 43.3 Å². The fourth-order valence-corrected chi connectivity index (χ4v) is 3.56. The van der Waals surface area contributed by atoms with Crippen molar-refractivity contribution in [2.24, 2.45) is 0 Å². The van der Waals surface area contributed by atoms with Crippen LogP contribution in [0.1, 0.15) is 15.5 Å². The van der Waals surface area contributed by atoms with Gasteiger partial charge in [0.05, 0.1) is 6.54 Å². The van der Waals surface area contributed by atoms with E-state index in [1.54, 1.807) is 0 Å². The van der Waals surface area contributed by atoms with Gasteiger partial charge in [-0.05, 0) is 22.0 Å². The van der Waals surface area contributed by atoms with Crippen molar-refractivity contribution in [2.75, 3.05) is 0 Å². The first-order chi connectivity index (χ1) is 9.38. The number of carbonyl (C=O) groups is 1. The third-order valence-corrected chi connectivity index (χ3v) is 4.83. The second-order valence-corrected chi connectivity index (χ2v) is 7.22. The molecule has 0 aromatic carbocycles. The number of nitrogens with zero attached hydrogens (tertiary/aromatic N) is 2. The number of pyridine rings is 1. The topological polar surface area (TPSA) is 109 Å². The molecule has 0 atom stereocenters. The highest BCUT2D eigenvalue weighted by Crippen LogP contribution is 2.15. The highest BCUT2D eigenvalue weighted by atomic mass is 79.9. The van der Waals surface area contributed by atoms with Crippen LogP contribution in [0.15, 0.2) is 33.2 Å². The van der Waals surface area contributed by atoms with Crippen molar-refractivity contribution < 1.29 is 18.3 Å². The monoisotopic (exact) mass is 377 g/mol. The Morgan fingerprint density at radius 3 is 2.80 bits per heavy atom. The molecule has 7 nitrogen and oxygen atoms in total. The Kier molecular flexibility index (Phi) is 4.48. The second kappa shape index (κ2) is 5.95. The van der Waals surface area contributed by atoms with Crippen LogP contribution in [-0.2, 0) is 16.6 Å². The summed E-state index contributed by atoms with van der Waals surface area (Å²) in [6.45, 7) is -0.0766. The first kappa shape index (κ1) is 15.0. The average Bonchev–Trinajstić information content (AvgIpc) is 2.85. The maximum absolute atomic E-state index is 12.0. The number of carboxylic acid groups (broad SMARTS) is 1. The van der Waals surface area contributed by atoms with E-state index in [9.17, 15) is 13.2 Å². The fraction of sp³-hybridized carbons (Fsp3) is 0.100. The number of rotatable bonds is 5. The van der Waals surface area contributed by atoms with Crippen molar-refractivity contribution in [1.29, 1.82) is 0 Å². The lowest BCUT2D eigenvalue weighted by molar-refractivity contribution is 0.0691. The summed E-state index contributed by atoms with van der Waals surface area (Å²) in [4.78, 5) is 18.2. The minimum Gasteiger partial charge on any atom is -0.476 e. The van der Waals surface area contributed by atoms with Gasteiger partial charge in [-0.1, -0.05) is 0 Å². The van der Waals surface area contributed by atoms with E-state index >= 15 is 0 Å². The van der Waals surface area contributed by atoms with Gasteiger partial charge in [0.25, 0.3) is 0 Å². The van der Waals surface area contributed by atoms with E-state index in [1.807, 2.05) is 0 Å². The van der Waals surface area contributed by atoms with Crippen molar-refractivity contribution in [3.8, 4) is 0 Å². The van der Waals surface area contributed by atoms with Crippen LogP contribution in [0.4, 0.5) is 0 Å². The number of halogens is 1. The van der Waals surface area contributed by atoms with Gasteiger partial charge in [0.1, 0.15) is 9.90 Å². The van der Waals surface area contributed by atoms with E-state index < -0.39 is 16.0 Å². The van der Waals surface area contributed by atoms with Crippen LogP contribution in [-0.4, -0.2) is 29.5 Å². The molecule has 0 aliphatic rings. The lowest BCUT2D eigenvalue weighted by Crippen LogP contribution is -2.23. The molecule has 2 aromatic rings. The molecule has 0 radical (unpaired) electrons. The first-order valence-corrected chi connectivity index (χ1v) is 8.32. The number of hydrogen-bond donors (Lipinski definition) is 2. The van der Waals surface area contributed by atoms with Gasteiger partial charge >= 0.3 is 5.97 Å². The molecule has 10 heteroatoms. The molecule has 2 heterocycles. The van der Waals surface area contributed by atoms with Crippen LogP contribution in [0.2, 0.25) is 0 Å². The van der Waals surface area contributed by atoms with Crippen LogP contribution in [0, 0.1) is 0 Å². The zero-order chi connectivity index (χ0) is 14.8. The molecule has 0 amide bonds. The Bertz CT molecular complexity index is 744. The third kappa shape index (κ3) is 3.60. The van der Waals surface area contributed by atoms with E-state index in [4.69, 9.17) is 5.11 Å². The Hall–Kier alpha value is -1.36. The fourth-order valence-electron chi connectivity index (χ4n) is 1.27. The molecule has 2 rings (SSSR count). The largest absolute Gasteiger partial charge is 0.476 e. The molecular formula is C10H8BrN3O4S2. The van der Waals surface area contributed by atoms with E-state index in [1.165, 1.54) is 23.8 Å². The molecule has 0 saturated heterocycles. The number of carboxylic acids is 1. The lowest BCUT2D eigenvalue weighted by Gasteiger charge is -2.04. The molecular weight excluding hydrogens is 370 g/mol. The van der Waals surface area contributed by atoms with Crippen LogP contribution in [0.3, 0.4) is 0 Å². The number of thiazole rings is 1. The van der Waals surface area contributed by atoms with E-state index in [-0.39, 0.29) is 17.1 Å². The molecule has 0 spiro atoms. The summed E-state index contributed by atoms with van der Waals surface area (Å²) in [7, 11) is -3.72. The average molecular weight is 378 g/mol. The summed E-state index contributed by atoms with van der Waals surface area (Å²) in [5, 5.41) is 10.4. The minimum atomic E-state index is -3.72. The van der Waals surface area contributed by atoms with Crippen molar-refractivity contribution in [3.63, 3.8) is 0 Å². The van der Waals surface area contributed by atoms with Crippen LogP contribution >= 0.6 is 27.3 Å². The number of sulfonamides is 1. The predicted molar refractivity (Wildman–Crippen MR) is 75.0 cm³/mol. The number of aromatic carboxylic acids is 1. The maximum Gasteiger partial charge on any atom is 0.355 e. The highest BCUT2D eigenvalue weighted by Gasteiger charge is 2.16. The molecule has 106 valence electrons. The van der Waals surface area contributed by atoms with Crippen LogP contribution in [0.25, 0.3) is 0 Å². The number of nitrogens with one attached hydrogen (secondary N) is 1. The maximum atomic E-state index is 12.0. The zero-order valence-corrected chi connectivity index (χ0v) is 13.0. The summed E-state index contributed by atoms with van der Waals surface area (Å²) in [6, 6.07) is 1.42. The Morgan fingerprint density at radius 1 is 1.45 bits per heavy atom. The van der Waals surface area contributed by atoms with Crippen molar-refractivity contribution in [3.05, 3.63) is 39.0 Å². The molecule has 2 N–H and O–H groups in total. The minimum absolute atomic E-state index is 0.0156. The summed E-state index contributed by atoms with van der Waals surface area (Å²) >= 11 is 4.21. The first-order valence-electron chi connectivity index (χ1n) is 5.16. The third-order valence-electron chi connectivity index (χ3n) is 2.17. The van der Waals surface area contributed by atoms with Crippen LogP contribution < -0.4 is 4.72 Å². The molecule has 0 fully saturated rings. The van der Waals surface area contributed by atoms with E-state index in [2.05, 4.69) is 30.6 Å².